The summed E-state index contributed by atoms with van der Waals surface area (Å²) in [7, 11) is -1.88. The van der Waals surface area contributed by atoms with Crippen LogP contribution in [0.15, 0.2) is 35.9 Å². The van der Waals surface area contributed by atoms with Crippen molar-refractivity contribution in [2.75, 3.05) is 13.2 Å². The van der Waals surface area contributed by atoms with Crippen molar-refractivity contribution in [3.63, 3.8) is 0 Å². The lowest BCUT2D eigenvalue weighted by Gasteiger charge is -2.22. The quantitative estimate of drug-likeness (QED) is 0.835. The molecule has 1 aliphatic rings. The summed E-state index contributed by atoms with van der Waals surface area (Å²) in [4.78, 5) is 3.99. The van der Waals surface area contributed by atoms with Crippen molar-refractivity contribution >= 4 is 10.0 Å². The predicted molar refractivity (Wildman–Crippen MR) is 80.6 cm³/mol. The van der Waals surface area contributed by atoms with Gasteiger partial charge in [-0.2, -0.15) is 4.31 Å². The van der Waals surface area contributed by atoms with Crippen LogP contribution in [0.25, 0.3) is 0 Å². The number of hydrogen-bond acceptors (Lipinski definition) is 4. The molecule has 0 saturated heterocycles. The summed E-state index contributed by atoms with van der Waals surface area (Å²) in [6, 6.07) is 3.87. The minimum absolute atomic E-state index is 0.0743. The van der Waals surface area contributed by atoms with Gasteiger partial charge in [0, 0.05) is 44.8 Å². The first-order chi connectivity index (χ1) is 10.5. The topological polar surface area (TPSA) is 69.4 Å². The Balaban J connectivity index is 1.95. The van der Waals surface area contributed by atoms with Gasteiger partial charge in [-0.3, -0.25) is 0 Å². The molecule has 0 fully saturated rings. The van der Waals surface area contributed by atoms with Crippen molar-refractivity contribution in [2.45, 2.75) is 31.1 Å². The molecule has 0 aliphatic carbocycles. The Morgan fingerprint density at radius 2 is 2.23 bits per heavy atom. The Labute approximate surface area is 130 Å². The lowest BCUT2D eigenvalue weighted by Crippen LogP contribution is -2.37. The van der Waals surface area contributed by atoms with Gasteiger partial charge < -0.3 is 13.9 Å². The van der Waals surface area contributed by atoms with E-state index in [4.69, 9.17) is 4.74 Å². The number of fused-ring (bicyclic) bond motifs is 1. The number of aromatic nitrogens is 3. The van der Waals surface area contributed by atoms with Gasteiger partial charge in [0.15, 0.2) is 5.03 Å². The summed E-state index contributed by atoms with van der Waals surface area (Å²) in [6.07, 6.45) is 4.80. The molecule has 2 aromatic heterocycles. The smallest absolute Gasteiger partial charge is 0.262 e. The number of rotatable bonds is 4. The molecule has 3 heterocycles. The molecule has 2 aromatic rings. The van der Waals surface area contributed by atoms with E-state index in [0.717, 1.165) is 5.69 Å². The summed E-state index contributed by atoms with van der Waals surface area (Å²) >= 11 is 0. The van der Waals surface area contributed by atoms with Crippen molar-refractivity contribution in [1.82, 2.24) is 18.4 Å². The normalized spacial score (nSPS) is 19.8. The SMILES string of the molecule is CCO[C@H]1CN(S(=O)(=O)c2cn(C)cn2)Cc2cccn2C1. The van der Waals surface area contributed by atoms with E-state index in [9.17, 15) is 8.42 Å². The molecule has 1 atom stereocenters. The molecule has 0 spiro atoms. The highest BCUT2D eigenvalue weighted by atomic mass is 32.2. The monoisotopic (exact) mass is 324 g/mol. The van der Waals surface area contributed by atoms with Crippen LogP contribution in [0.5, 0.6) is 0 Å². The lowest BCUT2D eigenvalue weighted by atomic mass is 10.3. The van der Waals surface area contributed by atoms with Crippen LogP contribution in [0, 0.1) is 0 Å². The van der Waals surface area contributed by atoms with Crippen LogP contribution >= 0.6 is 0 Å². The van der Waals surface area contributed by atoms with Crippen LogP contribution in [0.1, 0.15) is 12.6 Å². The molecule has 1 aliphatic heterocycles. The first-order valence-electron chi connectivity index (χ1n) is 7.24. The van der Waals surface area contributed by atoms with Gasteiger partial charge in [0.05, 0.1) is 19.0 Å². The van der Waals surface area contributed by atoms with Crippen molar-refractivity contribution in [3.05, 3.63) is 36.5 Å². The summed E-state index contributed by atoms with van der Waals surface area (Å²) in [5.74, 6) is 0. The summed E-state index contributed by atoms with van der Waals surface area (Å²) in [5, 5.41) is 0.0743. The molecule has 0 amide bonds. The molecule has 22 heavy (non-hydrogen) atoms. The van der Waals surface area contributed by atoms with E-state index in [1.165, 1.54) is 16.8 Å². The Morgan fingerprint density at radius 1 is 1.41 bits per heavy atom. The molecule has 0 unspecified atom stereocenters. The van der Waals surface area contributed by atoms with Crippen LogP contribution in [-0.2, 0) is 34.9 Å². The zero-order valence-corrected chi connectivity index (χ0v) is 13.5. The van der Waals surface area contributed by atoms with Crippen LogP contribution in [0.4, 0.5) is 0 Å². The first-order valence-corrected chi connectivity index (χ1v) is 8.68. The summed E-state index contributed by atoms with van der Waals surface area (Å²) in [5.41, 5.74) is 0.960. The number of hydrogen-bond donors (Lipinski definition) is 0. The average Bonchev–Trinajstić information content (AvgIpc) is 3.05. The van der Waals surface area contributed by atoms with Gasteiger partial charge in [0.1, 0.15) is 0 Å². The van der Waals surface area contributed by atoms with Crippen LogP contribution in [0.2, 0.25) is 0 Å². The molecule has 0 N–H and O–H groups in total. The van der Waals surface area contributed by atoms with Gasteiger partial charge in [0.2, 0.25) is 0 Å². The van der Waals surface area contributed by atoms with Crippen LogP contribution in [0.3, 0.4) is 0 Å². The molecular weight excluding hydrogens is 304 g/mol. The standard InChI is InChI=1S/C14H20N4O3S/c1-3-21-13-8-17-6-4-5-12(17)7-18(9-13)22(19,20)14-10-16(2)11-15-14/h4-6,10-11,13H,3,7-9H2,1-2H3/t13-/m1/s1. The zero-order valence-electron chi connectivity index (χ0n) is 12.7. The summed E-state index contributed by atoms with van der Waals surface area (Å²) in [6.45, 7) is 3.78. The number of aryl methyl sites for hydroxylation is 1. The predicted octanol–water partition coefficient (Wildman–Crippen LogP) is 0.831. The van der Waals surface area contributed by atoms with Gasteiger partial charge >= 0.3 is 0 Å². The van der Waals surface area contributed by atoms with Crippen molar-refractivity contribution in [1.29, 1.82) is 0 Å². The maximum Gasteiger partial charge on any atom is 0.262 e. The highest BCUT2D eigenvalue weighted by molar-refractivity contribution is 7.89. The molecule has 7 nitrogen and oxygen atoms in total. The third-order valence-electron chi connectivity index (χ3n) is 3.76. The Bertz CT molecular complexity index is 750. The minimum Gasteiger partial charge on any atom is -0.375 e. The largest absolute Gasteiger partial charge is 0.375 e. The van der Waals surface area contributed by atoms with E-state index in [2.05, 4.69) is 4.98 Å². The fourth-order valence-corrected chi connectivity index (χ4v) is 4.11. The number of nitrogens with zero attached hydrogens (tertiary/aromatic N) is 4. The Hall–Kier alpha value is -1.64. The third-order valence-corrected chi connectivity index (χ3v) is 5.45. The second-order valence-corrected chi connectivity index (χ2v) is 7.29. The number of ether oxygens (including phenoxy) is 1. The lowest BCUT2D eigenvalue weighted by molar-refractivity contribution is 0.0424. The van der Waals surface area contributed by atoms with E-state index in [-0.39, 0.29) is 11.1 Å². The third kappa shape index (κ3) is 2.81. The second kappa shape index (κ2) is 5.86. The Morgan fingerprint density at radius 3 is 2.91 bits per heavy atom. The molecule has 0 radical (unpaired) electrons. The maximum atomic E-state index is 12.8. The van der Waals surface area contributed by atoms with E-state index in [0.29, 0.717) is 26.2 Å². The minimum atomic E-state index is -3.63. The average molecular weight is 324 g/mol. The van der Waals surface area contributed by atoms with Gasteiger partial charge in [-0.25, -0.2) is 13.4 Å². The van der Waals surface area contributed by atoms with E-state index < -0.39 is 10.0 Å². The van der Waals surface area contributed by atoms with Gasteiger partial charge in [-0.05, 0) is 19.1 Å². The summed E-state index contributed by atoms with van der Waals surface area (Å²) < 4.78 is 36.5. The van der Waals surface area contributed by atoms with Gasteiger partial charge in [-0.15, -0.1) is 0 Å². The highest BCUT2D eigenvalue weighted by Gasteiger charge is 2.32. The van der Waals surface area contributed by atoms with E-state index in [1.807, 2.05) is 29.8 Å². The molecule has 0 saturated carbocycles. The molecular formula is C14H20N4O3S. The first kappa shape index (κ1) is 15.3. The van der Waals surface area contributed by atoms with Crippen LogP contribution < -0.4 is 0 Å². The maximum absolute atomic E-state index is 12.8. The Kier molecular flexibility index (Phi) is 4.07. The number of imidazole rings is 1. The van der Waals surface area contributed by atoms with Crippen molar-refractivity contribution in [3.8, 4) is 0 Å². The fraction of sp³-hybridized carbons (Fsp3) is 0.500. The highest BCUT2D eigenvalue weighted by Crippen LogP contribution is 2.21. The fourth-order valence-electron chi connectivity index (χ4n) is 2.70. The van der Waals surface area contributed by atoms with Gasteiger partial charge in [0.25, 0.3) is 10.0 Å². The van der Waals surface area contributed by atoms with Crippen molar-refractivity contribution < 1.29 is 13.2 Å². The van der Waals surface area contributed by atoms with E-state index in [1.54, 1.807) is 11.6 Å². The van der Waals surface area contributed by atoms with E-state index >= 15 is 0 Å². The van der Waals surface area contributed by atoms with Crippen molar-refractivity contribution in [2.24, 2.45) is 7.05 Å². The van der Waals surface area contributed by atoms with Crippen LogP contribution in [-0.4, -0.2) is 46.1 Å². The second-order valence-electron chi connectivity index (χ2n) is 5.40. The molecule has 3 rings (SSSR count). The molecule has 0 bridgehead atoms. The molecule has 8 heteroatoms. The molecule has 120 valence electrons. The number of sulfonamides is 1. The van der Waals surface area contributed by atoms with Gasteiger partial charge in [-0.1, -0.05) is 0 Å². The zero-order chi connectivity index (χ0) is 15.7. The molecule has 0 aromatic carbocycles.